The van der Waals surface area contributed by atoms with Gasteiger partial charge in [-0.25, -0.2) is 4.39 Å². The van der Waals surface area contributed by atoms with E-state index in [4.69, 9.17) is 4.42 Å². The Kier molecular flexibility index (Phi) is 5.51. The average Bonchev–Trinajstić information content (AvgIpc) is 3.48. The number of halogens is 1. The number of anilines is 1. The van der Waals surface area contributed by atoms with E-state index in [1.165, 1.54) is 12.1 Å². The van der Waals surface area contributed by atoms with Crippen LogP contribution in [0.3, 0.4) is 0 Å². The van der Waals surface area contributed by atoms with Crippen LogP contribution >= 0.6 is 0 Å². The van der Waals surface area contributed by atoms with Crippen molar-refractivity contribution in [1.29, 1.82) is 0 Å². The average molecular weight is 473 g/mol. The molecule has 4 aromatic rings. The van der Waals surface area contributed by atoms with Crippen molar-refractivity contribution in [3.63, 3.8) is 0 Å². The lowest BCUT2D eigenvalue weighted by Gasteiger charge is -2.43. The van der Waals surface area contributed by atoms with E-state index in [1.807, 2.05) is 32.0 Å². The van der Waals surface area contributed by atoms with Crippen LogP contribution in [0.1, 0.15) is 34.1 Å². The van der Waals surface area contributed by atoms with Gasteiger partial charge < -0.3 is 9.73 Å². The molecule has 0 saturated heterocycles. The van der Waals surface area contributed by atoms with Crippen LogP contribution in [-0.2, 0) is 17.9 Å². The first-order chi connectivity index (χ1) is 16.7. The Morgan fingerprint density at radius 3 is 2.49 bits per heavy atom. The van der Waals surface area contributed by atoms with Crippen molar-refractivity contribution >= 4 is 17.5 Å². The van der Waals surface area contributed by atoms with Crippen LogP contribution in [0.2, 0.25) is 0 Å². The molecule has 0 bridgehead atoms. The Hall–Kier alpha value is -4.20. The van der Waals surface area contributed by atoms with Gasteiger partial charge in [0, 0.05) is 18.3 Å². The fourth-order valence-corrected chi connectivity index (χ4v) is 4.59. The Morgan fingerprint density at radius 2 is 1.83 bits per heavy atom. The summed E-state index contributed by atoms with van der Waals surface area (Å²) in [7, 11) is 0. The summed E-state index contributed by atoms with van der Waals surface area (Å²) in [5, 5.41) is 7.49. The molecule has 35 heavy (non-hydrogen) atoms. The third kappa shape index (κ3) is 4.12. The molecule has 0 radical (unpaired) electrons. The number of carbonyl (C=O) groups is 2. The molecule has 0 saturated carbocycles. The Balaban J connectivity index is 1.55. The van der Waals surface area contributed by atoms with Gasteiger partial charge in [0.15, 0.2) is 5.76 Å². The lowest BCUT2D eigenvalue weighted by atomic mass is 9.93. The van der Waals surface area contributed by atoms with Crippen molar-refractivity contribution < 1.29 is 18.4 Å². The van der Waals surface area contributed by atoms with Gasteiger partial charge >= 0.3 is 0 Å². The van der Waals surface area contributed by atoms with Crippen LogP contribution in [-0.4, -0.2) is 27.1 Å². The summed E-state index contributed by atoms with van der Waals surface area (Å²) in [4.78, 5) is 29.1. The van der Waals surface area contributed by atoms with Gasteiger partial charge in [-0.3, -0.25) is 19.2 Å². The molecule has 0 spiro atoms. The molecule has 3 heterocycles. The number of carbonyl (C=O) groups excluding carboxylic acids is 2. The number of benzene rings is 2. The fourth-order valence-electron chi connectivity index (χ4n) is 4.59. The maximum atomic E-state index is 13.9. The molecule has 2 amide bonds. The van der Waals surface area contributed by atoms with E-state index in [9.17, 15) is 14.0 Å². The first-order valence-corrected chi connectivity index (χ1v) is 11.3. The number of nitrogens with one attached hydrogen (secondary N) is 1. The van der Waals surface area contributed by atoms with Gasteiger partial charge in [-0.15, -0.1) is 0 Å². The van der Waals surface area contributed by atoms with Crippen LogP contribution in [0, 0.1) is 19.7 Å². The summed E-state index contributed by atoms with van der Waals surface area (Å²) in [5.41, 5.74) is 2.99. The number of hydrogen-bond acceptors (Lipinski definition) is 4. The van der Waals surface area contributed by atoms with E-state index in [0.29, 0.717) is 22.8 Å². The molecule has 1 unspecified atom stereocenters. The van der Waals surface area contributed by atoms with E-state index in [1.54, 1.807) is 53.1 Å². The maximum absolute atomic E-state index is 13.9. The molecular formula is C27H25FN4O3. The van der Waals surface area contributed by atoms with E-state index >= 15 is 0 Å². The number of nitrogens with zero attached hydrogens (tertiary/aromatic N) is 3. The molecule has 1 N–H and O–H groups in total. The first-order valence-electron chi connectivity index (χ1n) is 11.3. The lowest BCUT2D eigenvalue weighted by Crippen LogP contribution is -2.64. The molecule has 178 valence electrons. The predicted molar refractivity (Wildman–Crippen MR) is 129 cm³/mol. The van der Waals surface area contributed by atoms with E-state index in [2.05, 4.69) is 10.4 Å². The summed E-state index contributed by atoms with van der Waals surface area (Å²) in [6, 6.07) is 17.0. The van der Waals surface area contributed by atoms with Crippen molar-refractivity contribution in [3.8, 4) is 11.5 Å². The van der Waals surface area contributed by atoms with Crippen molar-refractivity contribution in [2.75, 3.05) is 4.90 Å². The first kappa shape index (κ1) is 22.6. The van der Waals surface area contributed by atoms with Gasteiger partial charge in [-0.1, -0.05) is 18.2 Å². The second-order valence-electron chi connectivity index (χ2n) is 9.12. The summed E-state index contributed by atoms with van der Waals surface area (Å²) in [5.74, 6) is -0.467. The maximum Gasteiger partial charge on any atom is 0.277 e. The van der Waals surface area contributed by atoms with Gasteiger partial charge in [0.1, 0.15) is 22.7 Å². The van der Waals surface area contributed by atoms with Gasteiger partial charge in [0.05, 0.1) is 12.8 Å². The highest BCUT2D eigenvalue weighted by molar-refractivity contribution is 6.12. The lowest BCUT2D eigenvalue weighted by molar-refractivity contribution is -0.126. The van der Waals surface area contributed by atoms with E-state index in [0.717, 1.165) is 16.7 Å². The highest BCUT2D eigenvalue weighted by atomic mass is 19.1. The van der Waals surface area contributed by atoms with Crippen molar-refractivity contribution in [3.05, 3.63) is 95.1 Å². The molecule has 7 nitrogen and oxygen atoms in total. The Morgan fingerprint density at radius 1 is 1.11 bits per heavy atom. The van der Waals surface area contributed by atoms with E-state index in [-0.39, 0.29) is 30.7 Å². The molecule has 0 fully saturated rings. The molecule has 1 aliphatic heterocycles. The molecule has 1 aliphatic rings. The Labute approximate surface area is 202 Å². The molecule has 0 aliphatic carbocycles. The van der Waals surface area contributed by atoms with Crippen molar-refractivity contribution in [2.24, 2.45) is 0 Å². The smallest absolute Gasteiger partial charge is 0.277 e. The number of rotatable bonds is 5. The minimum Gasteiger partial charge on any atom is -0.463 e. The number of aryl methyl sites for hydroxylation is 2. The van der Waals surface area contributed by atoms with E-state index < -0.39 is 5.54 Å². The Bertz CT molecular complexity index is 1390. The van der Waals surface area contributed by atoms with Gasteiger partial charge in [0.25, 0.3) is 5.91 Å². The second kappa shape index (κ2) is 8.54. The largest absolute Gasteiger partial charge is 0.463 e. The molecule has 1 atom stereocenters. The van der Waals surface area contributed by atoms with Crippen molar-refractivity contribution in [2.45, 2.75) is 39.4 Å². The number of amides is 2. The zero-order valence-corrected chi connectivity index (χ0v) is 19.7. The van der Waals surface area contributed by atoms with Crippen LogP contribution < -0.4 is 10.2 Å². The molecule has 5 rings (SSSR count). The zero-order valence-electron chi connectivity index (χ0n) is 19.7. The minimum atomic E-state index is -1.27. The van der Waals surface area contributed by atoms with Crippen LogP contribution in [0.4, 0.5) is 10.1 Å². The number of fused-ring (bicyclic) bond motifs is 1. The normalized spacial score (nSPS) is 17.4. The van der Waals surface area contributed by atoms with Crippen molar-refractivity contribution in [1.82, 2.24) is 15.1 Å². The van der Waals surface area contributed by atoms with Crippen LogP contribution in [0.5, 0.6) is 0 Å². The standard InChI is InChI=1S/C27H25FN4O3/c1-17-11-18(2)13-21(12-17)32-25(33)23-14-22(24-5-4-10-35-24)30-31(23)16-27(32,3)26(34)29-15-19-6-8-20(28)9-7-19/h4-14H,15-16H2,1-3H3,(H,29,34). The molecule has 8 heteroatoms. The zero-order chi connectivity index (χ0) is 24.7. The molecule has 2 aromatic heterocycles. The topological polar surface area (TPSA) is 80.4 Å². The predicted octanol–water partition coefficient (Wildman–Crippen LogP) is 4.63. The summed E-state index contributed by atoms with van der Waals surface area (Å²) in [6.07, 6.45) is 1.55. The summed E-state index contributed by atoms with van der Waals surface area (Å²) >= 11 is 0. The van der Waals surface area contributed by atoms with Gasteiger partial charge in [-0.05, 0) is 73.9 Å². The number of furan rings is 1. The third-order valence-corrected chi connectivity index (χ3v) is 6.25. The third-order valence-electron chi connectivity index (χ3n) is 6.25. The quantitative estimate of drug-likeness (QED) is 0.459. The number of aromatic nitrogens is 2. The van der Waals surface area contributed by atoms with Gasteiger partial charge in [0.2, 0.25) is 5.91 Å². The SMILES string of the molecule is Cc1cc(C)cc(N2C(=O)c3cc(-c4ccco4)nn3CC2(C)C(=O)NCc2ccc(F)cc2)c1. The highest BCUT2D eigenvalue weighted by Gasteiger charge is 2.49. The minimum absolute atomic E-state index is 0.150. The molecular weight excluding hydrogens is 447 g/mol. The van der Waals surface area contributed by atoms with Gasteiger partial charge in [-0.2, -0.15) is 5.10 Å². The highest BCUT2D eigenvalue weighted by Crippen LogP contribution is 2.35. The number of hydrogen-bond donors (Lipinski definition) is 1. The summed E-state index contributed by atoms with van der Waals surface area (Å²) in [6.45, 7) is 6.00. The summed E-state index contributed by atoms with van der Waals surface area (Å²) < 4.78 is 20.3. The fraction of sp³-hybridized carbons (Fsp3) is 0.222. The van der Waals surface area contributed by atoms with Crippen LogP contribution in [0.15, 0.2) is 71.3 Å². The monoisotopic (exact) mass is 472 g/mol. The second-order valence-corrected chi connectivity index (χ2v) is 9.12. The molecule has 2 aromatic carbocycles. The van der Waals surface area contributed by atoms with Crippen LogP contribution in [0.25, 0.3) is 11.5 Å².